The van der Waals surface area contributed by atoms with Gasteiger partial charge in [0.25, 0.3) is 11.5 Å². The van der Waals surface area contributed by atoms with Gasteiger partial charge in [0, 0.05) is 44.2 Å². The van der Waals surface area contributed by atoms with Crippen LogP contribution in [0, 0.1) is 6.92 Å². The summed E-state index contributed by atoms with van der Waals surface area (Å²) >= 11 is 6.14. The number of nitrogens with one attached hydrogen (secondary N) is 1. The molecular formula is C34H31ClF3N11O4. The predicted molar refractivity (Wildman–Crippen MR) is 188 cm³/mol. The van der Waals surface area contributed by atoms with Crippen LogP contribution in [0.25, 0.3) is 28.1 Å². The predicted octanol–water partition coefficient (Wildman–Crippen LogP) is 4.08. The molecule has 53 heavy (non-hydrogen) atoms. The number of piperazine rings is 1. The van der Waals surface area contributed by atoms with Gasteiger partial charge in [0.1, 0.15) is 18.6 Å². The van der Waals surface area contributed by atoms with E-state index in [0.29, 0.717) is 11.3 Å². The van der Waals surface area contributed by atoms with E-state index >= 15 is 0 Å². The van der Waals surface area contributed by atoms with Gasteiger partial charge in [-0.25, -0.2) is 9.97 Å². The highest BCUT2D eigenvalue weighted by atomic mass is 35.5. The lowest BCUT2D eigenvalue weighted by Crippen LogP contribution is -2.51. The van der Waals surface area contributed by atoms with E-state index in [1.165, 1.54) is 11.2 Å². The third-order valence-electron chi connectivity index (χ3n) is 9.13. The average Bonchev–Trinajstić information content (AvgIpc) is 3.75. The maximum absolute atomic E-state index is 14.3. The zero-order valence-electron chi connectivity index (χ0n) is 28.5. The van der Waals surface area contributed by atoms with E-state index in [0.717, 1.165) is 33.6 Å². The van der Waals surface area contributed by atoms with Crippen LogP contribution in [0.3, 0.4) is 0 Å². The van der Waals surface area contributed by atoms with Gasteiger partial charge in [0.15, 0.2) is 17.3 Å². The molecule has 1 aliphatic rings. The number of hydrogen-bond acceptors (Lipinski definition) is 10. The summed E-state index contributed by atoms with van der Waals surface area (Å²) in [4.78, 5) is 57.1. The topological polar surface area (TPSA) is 169 Å². The number of hydrogen-bond donors (Lipinski definition) is 2. The maximum atomic E-state index is 14.3. The quantitative estimate of drug-likeness (QED) is 0.243. The standard InChI is InChI=1S/C34H31ClF3N11O4/c1-4-24-28(46-9-11-47(12-10-46)31(52)27-29(51)18(2)39-17-40-27)32(53)49-33(43-30(44-49)19-5-8-25-20(13-19)15-41-45(25)3)48(24)16-26(50)42-23-7-6-21(14-22(23)35)34(36,37)38/h5-8,13-15,17,51H,4,9-12,16H2,1-3H3,(H,42,50). The smallest absolute Gasteiger partial charge is 0.416 e. The van der Waals surface area contributed by atoms with E-state index in [-0.39, 0.29) is 77.7 Å². The second kappa shape index (κ2) is 13.5. The van der Waals surface area contributed by atoms with Gasteiger partial charge >= 0.3 is 6.18 Å². The number of aromatic hydroxyl groups is 1. The van der Waals surface area contributed by atoms with E-state index in [1.807, 2.05) is 26.1 Å². The van der Waals surface area contributed by atoms with Crippen molar-refractivity contribution >= 4 is 51.5 Å². The van der Waals surface area contributed by atoms with Crippen LogP contribution in [-0.2, 0) is 31.0 Å². The number of anilines is 2. The molecule has 2 N–H and O–H groups in total. The number of carbonyl (C=O) groups is 2. The summed E-state index contributed by atoms with van der Waals surface area (Å²) in [6.45, 7) is 3.77. The van der Waals surface area contributed by atoms with Crippen molar-refractivity contribution in [3.8, 4) is 17.1 Å². The first-order chi connectivity index (χ1) is 25.2. The largest absolute Gasteiger partial charge is 0.504 e. The summed E-state index contributed by atoms with van der Waals surface area (Å²) in [5.74, 6) is -1.16. The second-order valence-electron chi connectivity index (χ2n) is 12.4. The fraction of sp³-hybridized carbons (Fsp3) is 0.294. The lowest BCUT2D eigenvalue weighted by molar-refractivity contribution is -0.137. The summed E-state index contributed by atoms with van der Waals surface area (Å²) in [5, 5.41) is 22.3. The monoisotopic (exact) mass is 749 g/mol. The molecule has 0 radical (unpaired) electrons. The SMILES string of the molecule is CCc1c(N2CCN(C(=O)c3ncnc(C)c3O)CC2)c(=O)n2nc(-c3ccc4c(cnn4C)c3)nc2n1CC(=O)Nc1ccc(C(F)(F)F)cc1Cl. The molecule has 7 rings (SSSR count). The summed E-state index contributed by atoms with van der Waals surface area (Å²) < 4.78 is 44.1. The number of benzene rings is 2. The Hall–Kier alpha value is -6.04. The Balaban J connectivity index is 1.27. The lowest BCUT2D eigenvalue weighted by atomic mass is 10.1. The number of amides is 2. The molecule has 0 saturated carbocycles. The van der Waals surface area contributed by atoms with Crippen LogP contribution in [0.2, 0.25) is 5.02 Å². The first-order valence-corrected chi connectivity index (χ1v) is 16.8. The second-order valence-corrected chi connectivity index (χ2v) is 12.8. The molecule has 0 bridgehead atoms. The van der Waals surface area contributed by atoms with Gasteiger partial charge in [0.2, 0.25) is 11.7 Å². The van der Waals surface area contributed by atoms with Gasteiger partial charge in [-0.3, -0.25) is 19.1 Å². The molecule has 6 aromatic rings. The van der Waals surface area contributed by atoms with Gasteiger partial charge in [-0.1, -0.05) is 18.5 Å². The molecule has 0 unspecified atom stereocenters. The fourth-order valence-corrected chi connectivity index (χ4v) is 6.61. The molecule has 4 aromatic heterocycles. The number of rotatable bonds is 7. The molecular weight excluding hydrogens is 719 g/mol. The number of carbonyl (C=O) groups excluding carboxylic acids is 2. The number of aromatic nitrogens is 8. The van der Waals surface area contributed by atoms with Crippen molar-refractivity contribution in [1.29, 1.82) is 0 Å². The molecule has 0 atom stereocenters. The van der Waals surface area contributed by atoms with Crippen LogP contribution >= 0.6 is 11.6 Å². The van der Waals surface area contributed by atoms with E-state index in [2.05, 4.69) is 25.5 Å². The van der Waals surface area contributed by atoms with Crippen molar-refractivity contribution < 1.29 is 27.9 Å². The summed E-state index contributed by atoms with van der Waals surface area (Å²) in [6, 6.07) is 8.09. The van der Waals surface area contributed by atoms with Crippen molar-refractivity contribution in [2.75, 3.05) is 36.4 Å². The van der Waals surface area contributed by atoms with Gasteiger partial charge in [-0.15, -0.1) is 5.10 Å². The van der Waals surface area contributed by atoms with Gasteiger partial charge in [-0.2, -0.15) is 27.8 Å². The number of nitrogens with zero attached hydrogens (tertiary/aromatic N) is 10. The van der Waals surface area contributed by atoms with E-state index in [9.17, 15) is 32.7 Å². The first-order valence-electron chi connectivity index (χ1n) is 16.4. The Morgan fingerprint density at radius 3 is 2.51 bits per heavy atom. The first kappa shape index (κ1) is 35.4. The molecule has 15 nitrogen and oxygen atoms in total. The maximum Gasteiger partial charge on any atom is 0.416 e. The minimum Gasteiger partial charge on any atom is -0.504 e. The Morgan fingerprint density at radius 1 is 1.06 bits per heavy atom. The molecule has 1 fully saturated rings. The molecule has 274 valence electrons. The number of fused-ring (bicyclic) bond motifs is 2. The minimum absolute atomic E-state index is 0.0300. The molecule has 0 spiro atoms. The fourth-order valence-electron chi connectivity index (χ4n) is 6.39. The lowest BCUT2D eigenvalue weighted by Gasteiger charge is -2.36. The third-order valence-corrected chi connectivity index (χ3v) is 9.44. The minimum atomic E-state index is -4.62. The summed E-state index contributed by atoms with van der Waals surface area (Å²) in [7, 11) is 1.81. The zero-order chi connectivity index (χ0) is 37.8. The van der Waals surface area contributed by atoms with Crippen molar-refractivity contribution in [1.82, 2.24) is 43.8 Å². The number of alkyl halides is 3. The average molecular weight is 750 g/mol. The van der Waals surface area contributed by atoms with Crippen LogP contribution < -0.4 is 15.8 Å². The number of aryl methyl sites for hydroxylation is 2. The van der Waals surface area contributed by atoms with Crippen molar-refractivity contribution in [3.05, 3.63) is 86.9 Å². The zero-order valence-corrected chi connectivity index (χ0v) is 29.3. The summed E-state index contributed by atoms with van der Waals surface area (Å²) in [5.41, 5.74) is 0.802. The molecule has 19 heteroatoms. The van der Waals surface area contributed by atoms with E-state index in [4.69, 9.17) is 16.6 Å². The van der Waals surface area contributed by atoms with Gasteiger partial charge < -0.3 is 24.8 Å². The van der Waals surface area contributed by atoms with E-state index < -0.39 is 35.7 Å². The van der Waals surface area contributed by atoms with Crippen molar-refractivity contribution in [3.63, 3.8) is 0 Å². The molecule has 2 amide bonds. The molecule has 5 heterocycles. The molecule has 1 saturated heterocycles. The van der Waals surface area contributed by atoms with Gasteiger partial charge in [-0.05, 0) is 49.7 Å². The highest BCUT2D eigenvalue weighted by Gasteiger charge is 2.32. The normalized spacial score (nSPS) is 13.6. The van der Waals surface area contributed by atoms with Crippen LogP contribution in [0.5, 0.6) is 5.75 Å². The van der Waals surface area contributed by atoms with Crippen LogP contribution in [0.1, 0.15) is 34.4 Å². The Bertz CT molecular complexity index is 2490. The third kappa shape index (κ3) is 6.49. The Morgan fingerprint density at radius 2 is 1.81 bits per heavy atom. The Labute approximate surface area is 303 Å². The van der Waals surface area contributed by atoms with Gasteiger partial charge in [0.05, 0.1) is 39.4 Å². The molecule has 0 aliphatic carbocycles. The van der Waals surface area contributed by atoms with E-state index in [1.54, 1.807) is 33.3 Å². The highest BCUT2D eigenvalue weighted by Crippen LogP contribution is 2.34. The van der Waals surface area contributed by atoms with Crippen molar-refractivity contribution in [2.24, 2.45) is 7.05 Å². The van der Waals surface area contributed by atoms with Crippen LogP contribution in [0.15, 0.2) is 53.7 Å². The van der Waals surface area contributed by atoms with Crippen LogP contribution in [0.4, 0.5) is 24.5 Å². The van der Waals surface area contributed by atoms with Crippen LogP contribution in [-0.4, -0.2) is 86.9 Å². The Kier molecular flexibility index (Phi) is 9.01. The number of halogens is 4. The molecule has 1 aliphatic heterocycles. The van der Waals surface area contributed by atoms with Crippen molar-refractivity contribution in [2.45, 2.75) is 33.0 Å². The summed E-state index contributed by atoms with van der Waals surface area (Å²) in [6.07, 6.45) is -1.46. The molecule has 2 aromatic carbocycles. The highest BCUT2D eigenvalue weighted by molar-refractivity contribution is 6.33.